The Morgan fingerprint density at radius 2 is 1.72 bits per heavy atom. The van der Waals surface area contributed by atoms with Gasteiger partial charge in [-0.05, 0) is 17.0 Å². The van der Waals surface area contributed by atoms with E-state index < -0.39 is 0 Å². The first-order valence-electron chi connectivity index (χ1n) is 8.04. The SMILES string of the molecule is O=c1nc2sc3ccc4ccccc4c3n2nc1Cc1ccccc1. The fourth-order valence-electron chi connectivity index (χ4n) is 3.15. The van der Waals surface area contributed by atoms with Crippen LogP contribution in [0.3, 0.4) is 0 Å². The van der Waals surface area contributed by atoms with E-state index in [9.17, 15) is 4.79 Å². The Hall–Kier alpha value is -3.05. The van der Waals surface area contributed by atoms with E-state index in [2.05, 4.69) is 34.3 Å². The molecule has 0 aliphatic rings. The van der Waals surface area contributed by atoms with Crippen LogP contribution in [0.4, 0.5) is 0 Å². The summed E-state index contributed by atoms with van der Waals surface area (Å²) in [5, 5.41) is 6.93. The Kier molecular flexibility index (Phi) is 3.15. The topological polar surface area (TPSA) is 47.3 Å². The van der Waals surface area contributed by atoms with E-state index in [0.29, 0.717) is 17.1 Å². The molecule has 2 aromatic heterocycles. The monoisotopic (exact) mass is 343 g/mol. The highest BCUT2D eigenvalue weighted by molar-refractivity contribution is 7.23. The molecule has 0 radical (unpaired) electrons. The number of hydrogen-bond donors (Lipinski definition) is 0. The minimum absolute atomic E-state index is 0.250. The zero-order valence-electron chi connectivity index (χ0n) is 13.2. The smallest absolute Gasteiger partial charge is 0.265 e. The van der Waals surface area contributed by atoms with Crippen LogP contribution in [0.1, 0.15) is 11.3 Å². The van der Waals surface area contributed by atoms with Crippen LogP contribution in [-0.2, 0) is 6.42 Å². The maximum absolute atomic E-state index is 12.4. The lowest BCUT2D eigenvalue weighted by molar-refractivity contribution is 0.856. The van der Waals surface area contributed by atoms with Crippen molar-refractivity contribution in [3.05, 3.63) is 88.3 Å². The van der Waals surface area contributed by atoms with Gasteiger partial charge in [-0.3, -0.25) is 4.79 Å². The second kappa shape index (κ2) is 5.50. The molecular formula is C20H13N3OS. The van der Waals surface area contributed by atoms with E-state index in [-0.39, 0.29) is 5.56 Å². The Balaban J connectivity index is 1.81. The van der Waals surface area contributed by atoms with Gasteiger partial charge in [0.25, 0.3) is 5.56 Å². The van der Waals surface area contributed by atoms with E-state index in [1.54, 1.807) is 0 Å². The Morgan fingerprint density at radius 1 is 0.920 bits per heavy atom. The summed E-state index contributed by atoms with van der Waals surface area (Å²) >= 11 is 1.50. The average Bonchev–Trinajstić information content (AvgIpc) is 3.00. The molecule has 0 amide bonds. The van der Waals surface area contributed by atoms with Crippen molar-refractivity contribution >= 4 is 37.3 Å². The van der Waals surface area contributed by atoms with Gasteiger partial charge in [0.05, 0.1) is 10.2 Å². The molecule has 0 bridgehead atoms. The highest BCUT2D eigenvalue weighted by atomic mass is 32.1. The summed E-state index contributed by atoms with van der Waals surface area (Å²) in [6, 6.07) is 22.3. The minimum Gasteiger partial charge on any atom is -0.265 e. The number of nitrogens with zero attached hydrogens (tertiary/aromatic N) is 3. The standard InChI is InChI=1S/C20H13N3OS/c24-19-16(12-13-6-2-1-3-7-13)22-23-18-15-9-5-4-8-14(15)10-11-17(18)25-20(23)21-19/h1-11H,12H2. The van der Waals surface area contributed by atoms with E-state index in [1.165, 1.54) is 11.3 Å². The van der Waals surface area contributed by atoms with Gasteiger partial charge >= 0.3 is 0 Å². The van der Waals surface area contributed by atoms with E-state index in [0.717, 1.165) is 26.6 Å². The molecule has 3 aromatic carbocycles. The molecule has 4 nitrogen and oxygen atoms in total. The van der Waals surface area contributed by atoms with Crippen LogP contribution in [-0.4, -0.2) is 14.6 Å². The predicted octanol–water partition coefficient (Wildman–Crippen LogP) is 4.05. The van der Waals surface area contributed by atoms with Crippen molar-refractivity contribution in [3.8, 4) is 0 Å². The number of benzene rings is 3. The summed E-state index contributed by atoms with van der Waals surface area (Å²) in [5.41, 5.74) is 2.29. The van der Waals surface area contributed by atoms with E-state index >= 15 is 0 Å². The van der Waals surface area contributed by atoms with Crippen molar-refractivity contribution < 1.29 is 0 Å². The number of thiazole rings is 1. The van der Waals surface area contributed by atoms with Crippen LogP contribution < -0.4 is 5.56 Å². The molecule has 5 heteroatoms. The third kappa shape index (κ3) is 2.32. The first kappa shape index (κ1) is 14.3. The first-order valence-corrected chi connectivity index (χ1v) is 8.85. The number of rotatable bonds is 2. The minimum atomic E-state index is -0.250. The van der Waals surface area contributed by atoms with Crippen LogP contribution in [0.25, 0.3) is 25.9 Å². The van der Waals surface area contributed by atoms with Crippen LogP contribution in [0.5, 0.6) is 0 Å². The van der Waals surface area contributed by atoms with Gasteiger partial charge in [0.1, 0.15) is 5.69 Å². The third-order valence-electron chi connectivity index (χ3n) is 4.34. The molecule has 0 fully saturated rings. The Bertz CT molecular complexity index is 1290. The Morgan fingerprint density at radius 3 is 2.60 bits per heavy atom. The second-order valence-electron chi connectivity index (χ2n) is 5.96. The number of hydrogen-bond acceptors (Lipinski definition) is 4. The molecule has 0 atom stereocenters. The molecule has 0 aliphatic carbocycles. The zero-order chi connectivity index (χ0) is 16.8. The molecule has 0 unspecified atom stereocenters. The fraction of sp³-hybridized carbons (Fsp3) is 0.0500. The van der Waals surface area contributed by atoms with Gasteiger partial charge in [-0.2, -0.15) is 10.1 Å². The molecule has 0 aliphatic heterocycles. The predicted molar refractivity (Wildman–Crippen MR) is 101 cm³/mol. The third-order valence-corrected chi connectivity index (χ3v) is 5.33. The summed E-state index contributed by atoms with van der Waals surface area (Å²) in [6.07, 6.45) is 0.484. The van der Waals surface area contributed by atoms with Gasteiger partial charge in [-0.1, -0.05) is 72.0 Å². The maximum atomic E-state index is 12.4. The quantitative estimate of drug-likeness (QED) is 0.486. The van der Waals surface area contributed by atoms with Gasteiger partial charge in [-0.15, -0.1) is 0 Å². The van der Waals surface area contributed by atoms with Crippen molar-refractivity contribution in [2.45, 2.75) is 6.42 Å². The zero-order valence-corrected chi connectivity index (χ0v) is 14.0. The summed E-state index contributed by atoms with van der Waals surface area (Å²) in [6.45, 7) is 0. The van der Waals surface area contributed by atoms with Crippen molar-refractivity contribution in [2.24, 2.45) is 0 Å². The van der Waals surface area contributed by atoms with Gasteiger partial charge in [0.15, 0.2) is 0 Å². The first-order chi connectivity index (χ1) is 12.3. The summed E-state index contributed by atoms with van der Waals surface area (Å²) in [5.74, 6) is 0. The summed E-state index contributed by atoms with van der Waals surface area (Å²) < 4.78 is 2.90. The van der Waals surface area contributed by atoms with E-state index in [1.807, 2.05) is 47.0 Å². The molecule has 2 heterocycles. The molecule has 25 heavy (non-hydrogen) atoms. The summed E-state index contributed by atoms with van der Waals surface area (Å²) in [7, 11) is 0. The lowest BCUT2D eigenvalue weighted by Crippen LogP contribution is -2.18. The average molecular weight is 343 g/mol. The lowest BCUT2D eigenvalue weighted by atomic mass is 10.1. The highest BCUT2D eigenvalue weighted by Gasteiger charge is 2.13. The normalized spacial score (nSPS) is 11.5. The van der Waals surface area contributed by atoms with E-state index in [4.69, 9.17) is 0 Å². The maximum Gasteiger partial charge on any atom is 0.296 e. The molecule has 0 saturated heterocycles. The lowest BCUT2D eigenvalue weighted by Gasteiger charge is -2.03. The molecule has 0 saturated carbocycles. The number of aromatic nitrogens is 3. The molecule has 5 aromatic rings. The molecular weight excluding hydrogens is 330 g/mol. The molecule has 0 spiro atoms. The van der Waals surface area contributed by atoms with Gasteiger partial charge in [0.2, 0.25) is 4.96 Å². The Labute approximate surface area is 147 Å². The van der Waals surface area contributed by atoms with Crippen molar-refractivity contribution in [3.63, 3.8) is 0 Å². The van der Waals surface area contributed by atoms with Gasteiger partial charge in [0, 0.05) is 11.8 Å². The molecule has 0 N–H and O–H groups in total. The van der Waals surface area contributed by atoms with Gasteiger partial charge in [-0.25, -0.2) is 4.52 Å². The molecule has 5 rings (SSSR count). The van der Waals surface area contributed by atoms with Gasteiger partial charge < -0.3 is 0 Å². The van der Waals surface area contributed by atoms with Crippen molar-refractivity contribution in [1.29, 1.82) is 0 Å². The van der Waals surface area contributed by atoms with Crippen molar-refractivity contribution in [2.75, 3.05) is 0 Å². The fourth-order valence-corrected chi connectivity index (χ4v) is 4.12. The van der Waals surface area contributed by atoms with Crippen LogP contribution in [0.2, 0.25) is 0 Å². The van der Waals surface area contributed by atoms with Crippen molar-refractivity contribution in [1.82, 2.24) is 14.6 Å². The largest absolute Gasteiger partial charge is 0.296 e. The van der Waals surface area contributed by atoms with Crippen LogP contribution in [0, 0.1) is 0 Å². The summed E-state index contributed by atoms with van der Waals surface area (Å²) in [4.78, 5) is 17.3. The molecule has 120 valence electrons. The van der Waals surface area contributed by atoms with Crippen LogP contribution in [0.15, 0.2) is 71.5 Å². The highest BCUT2D eigenvalue weighted by Crippen LogP contribution is 2.30. The van der Waals surface area contributed by atoms with Crippen LogP contribution >= 0.6 is 11.3 Å². The number of fused-ring (bicyclic) bond motifs is 5. The second-order valence-corrected chi connectivity index (χ2v) is 6.97.